The number of hydrogen-bond donors (Lipinski definition) is 2. The van der Waals surface area contributed by atoms with E-state index in [0.717, 1.165) is 36.6 Å². The van der Waals surface area contributed by atoms with Gasteiger partial charge in [0.25, 0.3) is 0 Å². The van der Waals surface area contributed by atoms with Gasteiger partial charge in [0.15, 0.2) is 0 Å². The van der Waals surface area contributed by atoms with Crippen LogP contribution in [0, 0.1) is 0 Å². The van der Waals surface area contributed by atoms with Crippen LogP contribution in [0.3, 0.4) is 0 Å². The third kappa shape index (κ3) is 5.48. The predicted molar refractivity (Wildman–Crippen MR) is 90.4 cm³/mol. The van der Waals surface area contributed by atoms with Crippen LogP contribution >= 0.6 is 0 Å². The quantitative estimate of drug-likeness (QED) is 0.726. The van der Waals surface area contributed by atoms with E-state index in [1.807, 2.05) is 54.6 Å². The van der Waals surface area contributed by atoms with Gasteiger partial charge in [0.2, 0.25) is 5.91 Å². The molecule has 0 unspecified atom stereocenters. The first-order valence-corrected chi connectivity index (χ1v) is 7.59. The molecule has 2 aromatic carbocycles. The van der Waals surface area contributed by atoms with Crippen molar-refractivity contribution in [3.8, 4) is 5.75 Å². The van der Waals surface area contributed by atoms with Gasteiger partial charge in [-0.1, -0.05) is 31.5 Å². The van der Waals surface area contributed by atoms with E-state index in [1.54, 1.807) is 0 Å². The maximum atomic E-state index is 11.8. The molecule has 0 aromatic heterocycles. The van der Waals surface area contributed by atoms with Crippen molar-refractivity contribution >= 4 is 17.3 Å². The minimum Gasteiger partial charge on any atom is -0.494 e. The summed E-state index contributed by atoms with van der Waals surface area (Å²) in [7, 11) is 0. The van der Waals surface area contributed by atoms with E-state index < -0.39 is 0 Å². The molecule has 0 fully saturated rings. The van der Waals surface area contributed by atoms with Crippen molar-refractivity contribution in [2.24, 2.45) is 0 Å². The predicted octanol–water partition coefficient (Wildman–Crippen LogP) is 3.92. The Labute approximate surface area is 131 Å². The van der Waals surface area contributed by atoms with Gasteiger partial charge in [-0.2, -0.15) is 0 Å². The van der Waals surface area contributed by atoms with E-state index in [-0.39, 0.29) is 12.5 Å². The molecule has 0 saturated heterocycles. The normalized spacial score (nSPS) is 10.0. The molecule has 4 nitrogen and oxygen atoms in total. The van der Waals surface area contributed by atoms with Gasteiger partial charge in [0.1, 0.15) is 5.75 Å². The third-order valence-corrected chi connectivity index (χ3v) is 3.13. The largest absolute Gasteiger partial charge is 0.494 e. The van der Waals surface area contributed by atoms with Gasteiger partial charge in [0, 0.05) is 11.4 Å². The van der Waals surface area contributed by atoms with Crippen molar-refractivity contribution in [3.05, 3.63) is 54.6 Å². The second-order valence-electron chi connectivity index (χ2n) is 4.99. The molecule has 0 heterocycles. The molecule has 0 aliphatic heterocycles. The van der Waals surface area contributed by atoms with Crippen LogP contribution in [0.5, 0.6) is 5.75 Å². The Bertz CT molecular complexity index is 567. The summed E-state index contributed by atoms with van der Waals surface area (Å²) in [6.07, 6.45) is 2.18. The molecule has 116 valence electrons. The summed E-state index contributed by atoms with van der Waals surface area (Å²) in [5, 5.41) is 5.92. The number of anilines is 2. The van der Waals surface area contributed by atoms with Gasteiger partial charge in [-0.25, -0.2) is 0 Å². The zero-order valence-electron chi connectivity index (χ0n) is 12.8. The molecule has 0 aliphatic carbocycles. The number of unbranched alkanes of at least 4 members (excludes halogenated alkanes) is 1. The van der Waals surface area contributed by atoms with E-state index >= 15 is 0 Å². The number of nitrogens with one attached hydrogen (secondary N) is 2. The Morgan fingerprint density at radius 1 is 1.00 bits per heavy atom. The van der Waals surface area contributed by atoms with Crippen LogP contribution in [0.2, 0.25) is 0 Å². The lowest BCUT2D eigenvalue weighted by Gasteiger charge is -2.09. The summed E-state index contributed by atoms with van der Waals surface area (Å²) >= 11 is 0. The highest BCUT2D eigenvalue weighted by molar-refractivity contribution is 5.93. The molecule has 22 heavy (non-hydrogen) atoms. The smallest absolute Gasteiger partial charge is 0.243 e. The first-order valence-electron chi connectivity index (χ1n) is 7.59. The number of hydrogen-bond acceptors (Lipinski definition) is 3. The second-order valence-corrected chi connectivity index (χ2v) is 4.99. The summed E-state index contributed by atoms with van der Waals surface area (Å²) in [6.45, 7) is 3.10. The fraction of sp³-hybridized carbons (Fsp3) is 0.278. The summed E-state index contributed by atoms with van der Waals surface area (Å²) in [4.78, 5) is 11.8. The molecule has 2 N–H and O–H groups in total. The van der Waals surface area contributed by atoms with Crippen molar-refractivity contribution in [2.75, 3.05) is 23.8 Å². The van der Waals surface area contributed by atoms with Crippen molar-refractivity contribution in [1.82, 2.24) is 0 Å². The summed E-state index contributed by atoms with van der Waals surface area (Å²) in [6, 6.07) is 17.1. The van der Waals surface area contributed by atoms with Crippen molar-refractivity contribution in [1.29, 1.82) is 0 Å². The van der Waals surface area contributed by atoms with Crippen LogP contribution in [0.4, 0.5) is 11.4 Å². The SMILES string of the molecule is CCCCOc1ccc(NCC(=O)Nc2ccccc2)cc1. The zero-order valence-corrected chi connectivity index (χ0v) is 12.8. The highest BCUT2D eigenvalue weighted by atomic mass is 16.5. The molecule has 0 bridgehead atoms. The van der Waals surface area contributed by atoms with Crippen LogP contribution in [0.1, 0.15) is 19.8 Å². The molecule has 0 aliphatic rings. The number of amides is 1. The van der Waals surface area contributed by atoms with Gasteiger partial charge >= 0.3 is 0 Å². The topological polar surface area (TPSA) is 50.4 Å². The molecule has 2 aromatic rings. The van der Waals surface area contributed by atoms with Crippen LogP contribution in [-0.4, -0.2) is 19.1 Å². The number of carbonyl (C=O) groups excluding carboxylic acids is 1. The van der Waals surface area contributed by atoms with E-state index in [2.05, 4.69) is 17.6 Å². The van der Waals surface area contributed by atoms with Crippen molar-refractivity contribution in [3.63, 3.8) is 0 Å². The number of ether oxygens (including phenoxy) is 1. The van der Waals surface area contributed by atoms with E-state index in [4.69, 9.17) is 4.74 Å². The summed E-state index contributed by atoms with van der Waals surface area (Å²) in [5.74, 6) is 0.780. The first kappa shape index (κ1) is 15.9. The van der Waals surface area contributed by atoms with Crippen LogP contribution in [0.15, 0.2) is 54.6 Å². The fourth-order valence-electron chi connectivity index (χ4n) is 1.91. The number of rotatable bonds is 8. The lowest BCUT2D eigenvalue weighted by molar-refractivity contribution is -0.114. The lowest BCUT2D eigenvalue weighted by atomic mass is 10.3. The highest BCUT2D eigenvalue weighted by Gasteiger charge is 2.02. The van der Waals surface area contributed by atoms with Crippen molar-refractivity contribution < 1.29 is 9.53 Å². The molecular formula is C18H22N2O2. The van der Waals surface area contributed by atoms with E-state index in [1.165, 1.54) is 0 Å². The van der Waals surface area contributed by atoms with Gasteiger partial charge < -0.3 is 15.4 Å². The molecule has 0 saturated carbocycles. The van der Waals surface area contributed by atoms with Gasteiger partial charge in [-0.3, -0.25) is 4.79 Å². The summed E-state index contributed by atoms with van der Waals surface area (Å²) < 4.78 is 5.60. The number of carbonyl (C=O) groups is 1. The molecule has 0 atom stereocenters. The standard InChI is InChI=1S/C18H22N2O2/c1-2-3-13-22-17-11-9-15(10-12-17)19-14-18(21)20-16-7-5-4-6-8-16/h4-12,19H,2-3,13-14H2,1H3,(H,20,21). The van der Waals surface area contributed by atoms with Crippen molar-refractivity contribution in [2.45, 2.75) is 19.8 Å². The fourth-order valence-corrected chi connectivity index (χ4v) is 1.91. The minimum absolute atomic E-state index is 0.0746. The van der Waals surface area contributed by atoms with Gasteiger partial charge in [-0.05, 0) is 42.8 Å². The Hall–Kier alpha value is -2.49. The van der Waals surface area contributed by atoms with Gasteiger partial charge in [0.05, 0.1) is 13.2 Å². The van der Waals surface area contributed by atoms with Crippen LogP contribution < -0.4 is 15.4 Å². The average Bonchev–Trinajstić information content (AvgIpc) is 2.55. The Morgan fingerprint density at radius 3 is 2.41 bits per heavy atom. The Kier molecular flexibility index (Phi) is 6.30. The molecule has 0 radical (unpaired) electrons. The molecule has 0 spiro atoms. The molecule has 1 amide bonds. The Balaban J connectivity index is 1.75. The lowest BCUT2D eigenvalue weighted by Crippen LogP contribution is -2.21. The van der Waals surface area contributed by atoms with Gasteiger partial charge in [-0.15, -0.1) is 0 Å². The molecule has 4 heteroatoms. The maximum absolute atomic E-state index is 11.8. The highest BCUT2D eigenvalue weighted by Crippen LogP contribution is 2.16. The second kappa shape index (κ2) is 8.72. The Morgan fingerprint density at radius 2 is 1.73 bits per heavy atom. The summed E-state index contributed by atoms with van der Waals surface area (Å²) in [5.41, 5.74) is 1.69. The first-order chi connectivity index (χ1) is 10.8. The van der Waals surface area contributed by atoms with E-state index in [9.17, 15) is 4.79 Å². The number of benzene rings is 2. The molecule has 2 rings (SSSR count). The van der Waals surface area contributed by atoms with E-state index in [0.29, 0.717) is 0 Å². The third-order valence-electron chi connectivity index (χ3n) is 3.13. The average molecular weight is 298 g/mol. The number of para-hydroxylation sites is 1. The zero-order chi connectivity index (χ0) is 15.6. The monoisotopic (exact) mass is 298 g/mol. The minimum atomic E-state index is -0.0746. The maximum Gasteiger partial charge on any atom is 0.243 e. The van der Waals surface area contributed by atoms with Crippen LogP contribution in [0.25, 0.3) is 0 Å². The molecular weight excluding hydrogens is 276 g/mol. The van der Waals surface area contributed by atoms with Crippen LogP contribution in [-0.2, 0) is 4.79 Å².